The molecule has 0 aromatic carbocycles. The lowest BCUT2D eigenvalue weighted by Gasteiger charge is -2.06. The van der Waals surface area contributed by atoms with Gasteiger partial charge < -0.3 is 21.3 Å². The van der Waals surface area contributed by atoms with Crippen LogP contribution in [0.3, 0.4) is 0 Å². The molecule has 0 radical (unpaired) electrons. The van der Waals surface area contributed by atoms with Crippen LogP contribution in [-0.4, -0.2) is 53.4 Å². The summed E-state index contributed by atoms with van der Waals surface area (Å²) in [7, 11) is 4.04. The molecule has 114 valence electrons. The van der Waals surface area contributed by atoms with Crippen LogP contribution < -0.4 is 21.3 Å². The van der Waals surface area contributed by atoms with Gasteiger partial charge in [-0.25, -0.2) is 0 Å². The van der Waals surface area contributed by atoms with Gasteiger partial charge in [-0.05, 0) is 97.3 Å². The van der Waals surface area contributed by atoms with Gasteiger partial charge in [0.05, 0.1) is 0 Å². The molecule has 4 nitrogen and oxygen atoms in total. The van der Waals surface area contributed by atoms with Crippen LogP contribution in [-0.2, 0) is 0 Å². The molecule has 0 aromatic heterocycles. The van der Waals surface area contributed by atoms with Gasteiger partial charge in [-0.3, -0.25) is 0 Å². The highest BCUT2D eigenvalue weighted by Crippen LogP contribution is 2.36. The Morgan fingerprint density at radius 1 is 0.684 bits per heavy atom. The first-order valence-electron chi connectivity index (χ1n) is 8.09. The molecule has 0 aromatic rings. The Labute approximate surface area is 119 Å². The van der Waals surface area contributed by atoms with Gasteiger partial charge in [0.15, 0.2) is 0 Å². The molecule has 1 aliphatic rings. The Morgan fingerprint density at radius 3 is 1.53 bits per heavy atom. The van der Waals surface area contributed by atoms with Crippen molar-refractivity contribution in [3.8, 4) is 0 Å². The van der Waals surface area contributed by atoms with Crippen molar-refractivity contribution in [1.82, 2.24) is 21.3 Å². The molecule has 1 saturated carbocycles. The normalized spacial score (nSPS) is 21.8. The second kappa shape index (κ2) is 11.6. The number of rotatable bonds is 14. The van der Waals surface area contributed by atoms with E-state index in [1.165, 1.54) is 58.3 Å². The minimum atomic E-state index is 0.939. The van der Waals surface area contributed by atoms with Crippen molar-refractivity contribution < 1.29 is 0 Å². The molecule has 0 unspecified atom stereocenters. The number of unbranched alkanes of at least 4 members (excludes halogenated alkanes) is 2. The van der Waals surface area contributed by atoms with E-state index in [9.17, 15) is 0 Å². The summed E-state index contributed by atoms with van der Waals surface area (Å²) in [6.45, 7) is 7.11. The first-order valence-corrected chi connectivity index (χ1v) is 8.09. The zero-order valence-corrected chi connectivity index (χ0v) is 12.9. The van der Waals surface area contributed by atoms with Crippen molar-refractivity contribution in [2.45, 2.75) is 32.1 Å². The number of hydrogen-bond donors (Lipinski definition) is 4. The Hall–Kier alpha value is -0.160. The molecule has 1 fully saturated rings. The average molecular weight is 270 g/mol. The van der Waals surface area contributed by atoms with Gasteiger partial charge in [0.2, 0.25) is 0 Å². The quantitative estimate of drug-likeness (QED) is 0.353. The molecule has 2 atom stereocenters. The van der Waals surface area contributed by atoms with Gasteiger partial charge in [-0.15, -0.1) is 0 Å². The van der Waals surface area contributed by atoms with Crippen molar-refractivity contribution in [1.29, 1.82) is 0 Å². The molecule has 4 N–H and O–H groups in total. The van der Waals surface area contributed by atoms with Gasteiger partial charge in [-0.1, -0.05) is 0 Å². The Balaban J connectivity index is 1.76. The van der Waals surface area contributed by atoms with Crippen molar-refractivity contribution >= 4 is 0 Å². The van der Waals surface area contributed by atoms with Crippen LogP contribution in [0, 0.1) is 11.8 Å². The zero-order valence-electron chi connectivity index (χ0n) is 12.9. The van der Waals surface area contributed by atoms with Gasteiger partial charge in [-0.2, -0.15) is 0 Å². The number of nitrogens with one attached hydrogen (secondary N) is 4. The van der Waals surface area contributed by atoms with Crippen LogP contribution in [0.15, 0.2) is 0 Å². The maximum atomic E-state index is 3.59. The SMILES string of the molecule is CNCCCCNC[C@H]1C[C@@H]1CNCCCCNC. The lowest BCUT2D eigenvalue weighted by molar-refractivity contribution is 0.535. The predicted molar refractivity (Wildman–Crippen MR) is 83.7 cm³/mol. The van der Waals surface area contributed by atoms with Crippen molar-refractivity contribution in [2.75, 3.05) is 53.4 Å². The highest BCUT2D eigenvalue weighted by Gasteiger charge is 2.35. The van der Waals surface area contributed by atoms with Crippen molar-refractivity contribution in [3.63, 3.8) is 0 Å². The summed E-state index contributed by atoms with van der Waals surface area (Å²) in [5.41, 5.74) is 0. The number of hydrogen-bond acceptors (Lipinski definition) is 4. The van der Waals surface area contributed by atoms with Crippen LogP contribution in [0.25, 0.3) is 0 Å². The molecule has 0 bridgehead atoms. The van der Waals surface area contributed by atoms with Crippen LogP contribution in [0.1, 0.15) is 32.1 Å². The highest BCUT2D eigenvalue weighted by atomic mass is 14.9. The summed E-state index contributed by atoms with van der Waals surface area (Å²) in [5, 5.41) is 13.6. The fourth-order valence-corrected chi connectivity index (χ4v) is 2.49. The zero-order chi connectivity index (χ0) is 13.8. The smallest absolute Gasteiger partial charge is 0.00173 e. The summed E-state index contributed by atoms with van der Waals surface area (Å²) in [6, 6.07) is 0. The first-order chi connectivity index (χ1) is 9.38. The highest BCUT2D eigenvalue weighted by molar-refractivity contribution is 4.89. The molecule has 0 spiro atoms. The van der Waals surface area contributed by atoms with Crippen LogP contribution in [0.5, 0.6) is 0 Å². The summed E-state index contributed by atoms with van der Waals surface area (Å²) in [4.78, 5) is 0. The topological polar surface area (TPSA) is 48.1 Å². The van der Waals surface area contributed by atoms with E-state index in [0.29, 0.717) is 0 Å². The van der Waals surface area contributed by atoms with E-state index >= 15 is 0 Å². The Kier molecular flexibility index (Phi) is 10.4. The molecule has 0 aliphatic heterocycles. The van der Waals surface area contributed by atoms with Crippen molar-refractivity contribution in [2.24, 2.45) is 11.8 Å². The summed E-state index contributed by atoms with van der Waals surface area (Å²) in [6.07, 6.45) is 6.58. The maximum absolute atomic E-state index is 3.59. The van der Waals surface area contributed by atoms with Gasteiger partial charge >= 0.3 is 0 Å². The summed E-state index contributed by atoms with van der Waals surface area (Å²) < 4.78 is 0. The molecule has 0 heterocycles. The third kappa shape index (κ3) is 9.38. The summed E-state index contributed by atoms with van der Waals surface area (Å²) >= 11 is 0. The molecule has 0 amide bonds. The third-order valence-electron chi connectivity index (χ3n) is 3.94. The average Bonchev–Trinajstić information content (AvgIpc) is 3.16. The lowest BCUT2D eigenvalue weighted by Crippen LogP contribution is -2.23. The Morgan fingerprint density at radius 2 is 1.11 bits per heavy atom. The minimum absolute atomic E-state index is 0.939. The van der Waals surface area contributed by atoms with E-state index in [1.807, 2.05) is 14.1 Å². The van der Waals surface area contributed by atoms with E-state index in [4.69, 9.17) is 0 Å². The first kappa shape index (κ1) is 16.9. The largest absolute Gasteiger partial charge is 0.320 e. The second-order valence-corrected chi connectivity index (χ2v) is 5.79. The molecule has 4 heteroatoms. The molecule has 19 heavy (non-hydrogen) atoms. The lowest BCUT2D eigenvalue weighted by atomic mass is 10.2. The van der Waals surface area contributed by atoms with Gasteiger partial charge in [0, 0.05) is 0 Å². The Bertz CT molecular complexity index is 179. The predicted octanol–water partition coefficient (Wildman–Crippen LogP) is 0.801. The van der Waals surface area contributed by atoms with E-state index in [1.54, 1.807) is 0 Å². The van der Waals surface area contributed by atoms with Gasteiger partial charge in [0.1, 0.15) is 0 Å². The van der Waals surface area contributed by atoms with E-state index < -0.39 is 0 Å². The van der Waals surface area contributed by atoms with E-state index in [-0.39, 0.29) is 0 Å². The van der Waals surface area contributed by atoms with E-state index in [2.05, 4.69) is 21.3 Å². The fourth-order valence-electron chi connectivity index (χ4n) is 2.49. The molecular formula is C15H34N4. The van der Waals surface area contributed by atoms with Gasteiger partial charge in [0.25, 0.3) is 0 Å². The van der Waals surface area contributed by atoms with E-state index in [0.717, 1.165) is 24.9 Å². The molecule has 0 saturated heterocycles. The molecule has 1 rings (SSSR count). The molecular weight excluding hydrogens is 236 g/mol. The summed E-state index contributed by atoms with van der Waals surface area (Å²) in [5.74, 6) is 1.88. The third-order valence-corrected chi connectivity index (χ3v) is 3.94. The second-order valence-electron chi connectivity index (χ2n) is 5.79. The minimum Gasteiger partial charge on any atom is -0.320 e. The van der Waals surface area contributed by atoms with Crippen LogP contribution in [0.2, 0.25) is 0 Å². The monoisotopic (exact) mass is 270 g/mol. The van der Waals surface area contributed by atoms with Crippen molar-refractivity contribution in [3.05, 3.63) is 0 Å². The molecule has 1 aliphatic carbocycles. The fraction of sp³-hybridized carbons (Fsp3) is 1.00. The maximum Gasteiger partial charge on any atom is -0.00173 e. The van der Waals surface area contributed by atoms with Crippen LogP contribution in [0.4, 0.5) is 0 Å². The van der Waals surface area contributed by atoms with Crippen LogP contribution >= 0.6 is 0 Å². The standard InChI is InChI=1S/C15H34N4/c1-16-7-3-5-9-18-12-14-11-15(14)13-19-10-6-4-8-17-2/h14-19H,3-13H2,1-2H3/t14-,15-/m1/s1.